The van der Waals surface area contributed by atoms with E-state index in [1.165, 1.54) is 38.6 Å². The molecule has 0 aliphatic carbocycles. The van der Waals surface area contributed by atoms with Crippen LogP contribution < -0.4 is 0 Å². The summed E-state index contributed by atoms with van der Waals surface area (Å²) < 4.78 is 0. The van der Waals surface area contributed by atoms with E-state index in [2.05, 4.69) is 25.4 Å². The van der Waals surface area contributed by atoms with Crippen LogP contribution >= 0.6 is 8.58 Å². The fourth-order valence-electron chi connectivity index (χ4n) is 2.18. The van der Waals surface area contributed by atoms with Crippen molar-refractivity contribution in [1.29, 1.82) is 0 Å². The minimum absolute atomic E-state index is 0.838. The molecule has 0 aromatic heterocycles. The summed E-state index contributed by atoms with van der Waals surface area (Å²) in [5.74, 6) is 1.89. The topological polar surface area (TPSA) is 3.24 Å². The van der Waals surface area contributed by atoms with Gasteiger partial charge in [-0.05, 0) is 50.6 Å². The Labute approximate surface area is 85.1 Å². The Hall–Kier alpha value is 0.390. The summed E-state index contributed by atoms with van der Waals surface area (Å²) in [6.45, 7) is 11.0. The summed E-state index contributed by atoms with van der Waals surface area (Å²) in [6, 6.07) is 0. The highest BCUT2D eigenvalue weighted by Gasteiger charge is 2.18. The molecule has 1 heterocycles. The maximum atomic E-state index is 2.64. The Morgan fingerprint density at radius 1 is 1.31 bits per heavy atom. The van der Waals surface area contributed by atoms with Gasteiger partial charge < -0.3 is 4.90 Å². The number of piperidine rings is 1. The lowest BCUT2D eigenvalue weighted by Crippen LogP contribution is -2.36. The minimum Gasteiger partial charge on any atom is -0.303 e. The third-order valence-electron chi connectivity index (χ3n) is 2.82. The fourth-order valence-corrected chi connectivity index (χ4v) is 3.16. The van der Waals surface area contributed by atoms with Gasteiger partial charge in [0.1, 0.15) is 0 Å². The molecular weight excluding hydrogens is 177 g/mol. The molecule has 0 spiro atoms. The zero-order valence-corrected chi connectivity index (χ0v) is 10.3. The molecule has 1 atom stereocenters. The number of nitrogens with zero attached hydrogens (tertiary/aromatic N) is 1. The molecular formula is C11H24NP. The first-order valence-corrected chi connectivity index (χ1v) is 7.30. The quantitative estimate of drug-likeness (QED) is 0.632. The largest absolute Gasteiger partial charge is 0.303 e. The molecule has 13 heavy (non-hydrogen) atoms. The number of likely N-dealkylation sites (tertiary alicyclic amines) is 1. The second-order valence-corrected chi connectivity index (χ2v) is 5.81. The van der Waals surface area contributed by atoms with Gasteiger partial charge in [0.15, 0.2) is 0 Å². The van der Waals surface area contributed by atoms with Gasteiger partial charge in [-0.15, -0.1) is 8.58 Å². The summed E-state index contributed by atoms with van der Waals surface area (Å²) in [6.07, 6.45) is 4.39. The van der Waals surface area contributed by atoms with Gasteiger partial charge in [-0.3, -0.25) is 0 Å². The Morgan fingerprint density at radius 3 is 2.38 bits per heavy atom. The third-order valence-corrected chi connectivity index (χ3v) is 3.81. The van der Waals surface area contributed by atoms with Crippen molar-refractivity contribution in [3.63, 3.8) is 0 Å². The second-order valence-electron chi connectivity index (χ2n) is 4.70. The van der Waals surface area contributed by atoms with Crippen LogP contribution in [0.2, 0.25) is 0 Å². The van der Waals surface area contributed by atoms with Crippen molar-refractivity contribution in [1.82, 2.24) is 4.90 Å². The van der Waals surface area contributed by atoms with E-state index in [9.17, 15) is 0 Å². The molecule has 0 aromatic rings. The molecule has 1 unspecified atom stereocenters. The molecule has 1 aliphatic rings. The van der Waals surface area contributed by atoms with Crippen LogP contribution in [0.3, 0.4) is 0 Å². The first-order valence-electron chi connectivity index (χ1n) is 5.59. The van der Waals surface area contributed by atoms with E-state index in [0.717, 1.165) is 20.4 Å². The number of hydrogen-bond donors (Lipinski definition) is 0. The van der Waals surface area contributed by atoms with Gasteiger partial charge >= 0.3 is 0 Å². The highest BCUT2D eigenvalue weighted by atomic mass is 31.1. The summed E-state index contributed by atoms with van der Waals surface area (Å²) in [7, 11) is 1.16. The molecule has 2 heteroatoms. The standard InChI is InChI=1S/C11H24NP/c1-10(2)8-12-6-4-11(5-7-12)9-13-3/h10-11,13H,4-9H2,1-3H3. The monoisotopic (exact) mass is 201 g/mol. The van der Waals surface area contributed by atoms with Gasteiger partial charge in [-0.2, -0.15) is 0 Å². The van der Waals surface area contributed by atoms with Gasteiger partial charge in [0.25, 0.3) is 0 Å². The average molecular weight is 201 g/mol. The van der Waals surface area contributed by atoms with Crippen molar-refractivity contribution in [2.45, 2.75) is 26.7 Å². The van der Waals surface area contributed by atoms with E-state index in [4.69, 9.17) is 0 Å². The lowest BCUT2D eigenvalue weighted by Gasteiger charge is -2.32. The Bertz CT molecular complexity index is 128. The van der Waals surface area contributed by atoms with E-state index >= 15 is 0 Å². The smallest absolute Gasteiger partial charge is 0.000439 e. The van der Waals surface area contributed by atoms with Crippen LogP contribution in [0.5, 0.6) is 0 Å². The molecule has 1 saturated heterocycles. The number of rotatable bonds is 4. The van der Waals surface area contributed by atoms with Crippen molar-refractivity contribution in [3.05, 3.63) is 0 Å². The summed E-state index contributed by atoms with van der Waals surface area (Å²) in [4.78, 5) is 2.64. The van der Waals surface area contributed by atoms with E-state index in [0.29, 0.717) is 0 Å². The third kappa shape index (κ3) is 4.42. The van der Waals surface area contributed by atoms with Crippen molar-refractivity contribution in [2.24, 2.45) is 11.8 Å². The molecule has 0 radical (unpaired) electrons. The molecule has 0 aromatic carbocycles. The molecule has 0 amide bonds. The lowest BCUT2D eigenvalue weighted by atomic mass is 9.98. The average Bonchev–Trinajstić information content (AvgIpc) is 2.08. The van der Waals surface area contributed by atoms with Gasteiger partial charge in [0.2, 0.25) is 0 Å². The molecule has 1 nitrogen and oxygen atoms in total. The Balaban J connectivity index is 2.15. The Morgan fingerprint density at radius 2 is 1.92 bits per heavy atom. The Kier molecular flexibility index (Phi) is 5.28. The van der Waals surface area contributed by atoms with E-state index in [-0.39, 0.29) is 0 Å². The van der Waals surface area contributed by atoms with Crippen molar-refractivity contribution in [2.75, 3.05) is 32.5 Å². The van der Waals surface area contributed by atoms with Crippen LogP contribution in [-0.2, 0) is 0 Å². The van der Waals surface area contributed by atoms with Crippen molar-refractivity contribution < 1.29 is 0 Å². The minimum atomic E-state index is 0.838. The van der Waals surface area contributed by atoms with Crippen molar-refractivity contribution in [3.8, 4) is 0 Å². The maximum Gasteiger partial charge on any atom is 0.000439 e. The number of hydrogen-bond acceptors (Lipinski definition) is 1. The zero-order chi connectivity index (χ0) is 9.68. The summed E-state index contributed by atoms with van der Waals surface area (Å²) in [5, 5.41) is 0. The summed E-state index contributed by atoms with van der Waals surface area (Å²) >= 11 is 0. The molecule has 0 bridgehead atoms. The highest BCUT2D eigenvalue weighted by Crippen LogP contribution is 2.22. The van der Waals surface area contributed by atoms with E-state index in [1.54, 1.807) is 0 Å². The van der Waals surface area contributed by atoms with E-state index < -0.39 is 0 Å². The van der Waals surface area contributed by atoms with Crippen LogP contribution in [-0.4, -0.2) is 37.4 Å². The zero-order valence-electron chi connectivity index (χ0n) is 9.34. The fraction of sp³-hybridized carbons (Fsp3) is 1.00. The molecule has 0 saturated carbocycles. The predicted octanol–water partition coefficient (Wildman–Crippen LogP) is 2.66. The van der Waals surface area contributed by atoms with Crippen LogP contribution in [0.25, 0.3) is 0 Å². The van der Waals surface area contributed by atoms with Crippen LogP contribution in [0.4, 0.5) is 0 Å². The van der Waals surface area contributed by atoms with Crippen LogP contribution in [0.1, 0.15) is 26.7 Å². The first-order chi connectivity index (χ1) is 6.22. The molecule has 0 N–H and O–H groups in total. The second kappa shape index (κ2) is 5.98. The SMILES string of the molecule is CPCC1CCN(CC(C)C)CC1. The van der Waals surface area contributed by atoms with Gasteiger partial charge in [-0.25, -0.2) is 0 Å². The first kappa shape index (κ1) is 11.5. The highest BCUT2D eigenvalue weighted by molar-refractivity contribution is 7.36. The molecule has 1 rings (SSSR count). The lowest BCUT2D eigenvalue weighted by molar-refractivity contribution is 0.176. The van der Waals surface area contributed by atoms with E-state index in [1.807, 2.05) is 0 Å². The molecule has 1 fully saturated rings. The van der Waals surface area contributed by atoms with Gasteiger partial charge in [0, 0.05) is 6.54 Å². The predicted molar refractivity (Wildman–Crippen MR) is 63.1 cm³/mol. The van der Waals surface area contributed by atoms with Crippen LogP contribution in [0, 0.1) is 11.8 Å². The van der Waals surface area contributed by atoms with Gasteiger partial charge in [0.05, 0.1) is 0 Å². The van der Waals surface area contributed by atoms with Gasteiger partial charge in [-0.1, -0.05) is 13.8 Å². The summed E-state index contributed by atoms with van der Waals surface area (Å²) in [5.41, 5.74) is 0. The van der Waals surface area contributed by atoms with Crippen LogP contribution in [0.15, 0.2) is 0 Å². The maximum absolute atomic E-state index is 2.64. The van der Waals surface area contributed by atoms with Crippen molar-refractivity contribution >= 4 is 8.58 Å². The normalized spacial score (nSPS) is 22.2. The molecule has 78 valence electrons. The molecule has 1 aliphatic heterocycles.